The number of rotatable bonds is 5. The van der Waals surface area contributed by atoms with Crippen LogP contribution in [0.15, 0.2) is 0 Å². The quantitative estimate of drug-likeness (QED) is 0.412. The predicted octanol–water partition coefficient (Wildman–Crippen LogP) is -0.531. The molecule has 0 aliphatic rings. The molecule has 0 atom stereocenters. The molecule has 9 heavy (non-hydrogen) atoms. The Kier molecular flexibility index (Phi) is 6.41. The maximum Gasteiger partial charge on any atom is 0.0740 e. The van der Waals surface area contributed by atoms with Crippen LogP contribution in [0, 0.1) is 0 Å². The molecular weight excluding hydrogens is 142 g/mol. The second-order valence-electron chi connectivity index (χ2n) is 1.68. The lowest BCUT2D eigenvalue weighted by Crippen LogP contribution is -2.28. The summed E-state index contributed by atoms with van der Waals surface area (Å²) >= 11 is 5.43. The van der Waals surface area contributed by atoms with Crippen molar-refractivity contribution in [3.63, 3.8) is 0 Å². The molecule has 0 rings (SSSR count). The molecule has 0 bridgehead atoms. The van der Waals surface area contributed by atoms with E-state index in [-0.39, 0.29) is 13.2 Å². The van der Waals surface area contributed by atoms with E-state index in [4.69, 9.17) is 21.8 Å². The van der Waals surface area contributed by atoms with Gasteiger partial charge in [-0.1, -0.05) is 0 Å². The number of nitrogens with zero attached hydrogens (tertiary/aromatic N) is 1. The van der Waals surface area contributed by atoms with Crippen LogP contribution in [0.2, 0.25) is 0 Å². The molecule has 0 aliphatic heterocycles. The first-order valence-electron chi connectivity index (χ1n) is 2.85. The van der Waals surface area contributed by atoms with Gasteiger partial charge in [-0.25, -0.2) is 0 Å². The summed E-state index contributed by atoms with van der Waals surface area (Å²) in [6, 6.07) is 0.362. The van der Waals surface area contributed by atoms with Crippen LogP contribution in [0.25, 0.3) is 0 Å². The summed E-state index contributed by atoms with van der Waals surface area (Å²) in [6.07, 6.45) is 0. The molecule has 0 fully saturated rings. The highest BCUT2D eigenvalue weighted by Gasteiger charge is 1.98. The first-order valence-corrected chi connectivity index (χ1v) is 3.38. The van der Waals surface area contributed by atoms with Crippen molar-refractivity contribution in [1.29, 1.82) is 0 Å². The van der Waals surface area contributed by atoms with Crippen LogP contribution in [-0.4, -0.2) is 47.4 Å². The zero-order valence-corrected chi connectivity index (χ0v) is 6.01. The van der Waals surface area contributed by atoms with Crippen molar-refractivity contribution in [2.75, 3.05) is 32.3 Å². The average molecular weight is 154 g/mol. The Bertz CT molecular complexity index is 56.9. The minimum Gasteiger partial charge on any atom is -0.395 e. The summed E-state index contributed by atoms with van der Waals surface area (Å²) in [5.41, 5.74) is 0. The Balaban J connectivity index is 3.18. The molecule has 0 radical (unpaired) electrons. The number of aliphatic hydroxyl groups is 2. The highest BCUT2D eigenvalue weighted by molar-refractivity contribution is 6.17. The van der Waals surface area contributed by atoms with E-state index in [0.29, 0.717) is 19.1 Å². The molecule has 0 spiro atoms. The van der Waals surface area contributed by atoms with Crippen molar-refractivity contribution in [3.8, 4) is 0 Å². The minimum absolute atomic E-state index is 0.0900. The third kappa shape index (κ3) is 4.66. The lowest BCUT2D eigenvalue weighted by Gasteiger charge is -2.15. The second kappa shape index (κ2) is 6.29. The number of aliphatic hydroxyl groups excluding tert-OH is 2. The fourth-order valence-corrected chi connectivity index (χ4v) is 0.753. The monoisotopic (exact) mass is 153 g/mol. The van der Waals surface area contributed by atoms with Crippen molar-refractivity contribution < 1.29 is 10.2 Å². The second-order valence-corrected chi connectivity index (χ2v) is 1.92. The average Bonchev–Trinajstić information content (AvgIpc) is 1.88. The van der Waals surface area contributed by atoms with Gasteiger partial charge in [0.25, 0.3) is 0 Å². The van der Waals surface area contributed by atoms with E-state index >= 15 is 0 Å². The topological polar surface area (TPSA) is 43.7 Å². The van der Waals surface area contributed by atoms with Crippen LogP contribution in [0.3, 0.4) is 0 Å². The lowest BCUT2D eigenvalue weighted by molar-refractivity contribution is 0.178. The molecule has 0 heterocycles. The van der Waals surface area contributed by atoms with Crippen LogP contribution in [0.1, 0.15) is 0 Å². The van der Waals surface area contributed by atoms with Crippen LogP contribution in [-0.2, 0) is 0 Å². The number of halogens is 1. The zero-order chi connectivity index (χ0) is 7.11. The smallest absolute Gasteiger partial charge is 0.0740 e. The maximum absolute atomic E-state index is 8.41. The van der Waals surface area contributed by atoms with Gasteiger partial charge in [-0.2, -0.15) is 0 Å². The summed E-state index contributed by atoms with van der Waals surface area (Å²) in [5.74, 6) is 0. The normalized spacial score (nSPS) is 10.7. The van der Waals surface area contributed by atoms with Crippen LogP contribution in [0.5, 0.6) is 0 Å². The molecule has 0 aromatic rings. The van der Waals surface area contributed by atoms with Crippen molar-refractivity contribution in [3.05, 3.63) is 0 Å². The van der Waals surface area contributed by atoms with E-state index in [1.54, 1.807) is 4.90 Å². The molecule has 0 amide bonds. The molecular formula is C5H12ClNO2. The van der Waals surface area contributed by atoms with E-state index < -0.39 is 0 Å². The van der Waals surface area contributed by atoms with Crippen molar-refractivity contribution in [2.24, 2.45) is 0 Å². The highest BCUT2D eigenvalue weighted by atomic mass is 35.5. The summed E-state index contributed by atoms with van der Waals surface area (Å²) in [7, 11) is 0. The van der Waals surface area contributed by atoms with Gasteiger partial charge in [0.1, 0.15) is 0 Å². The Morgan fingerprint density at radius 2 is 1.56 bits per heavy atom. The molecule has 56 valence electrons. The van der Waals surface area contributed by atoms with E-state index in [9.17, 15) is 0 Å². The van der Waals surface area contributed by atoms with E-state index in [2.05, 4.69) is 0 Å². The maximum atomic E-state index is 8.41. The fourth-order valence-electron chi connectivity index (χ4n) is 0.514. The Morgan fingerprint density at radius 1 is 1.11 bits per heavy atom. The fraction of sp³-hybridized carbons (Fsp3) is 1.00. The molecule has 0 aromatic carbocycles. The third-order valence-corrected chi connectivity index (χ3v) is 1.34. The molecule has 0 aliphatic carbocycles. The van der Waals surface area contributed by atoms with Gasteiger partial charge < -0.3 is 10.2 Å². The molecule has 2 N–H and O–H groups in total. The van der Waals surface area contributed by atoms with Crippen LogP contribution < -0.4 is 0 Å². The molecule has 3 nitrogen and oxygen atoms in total. The van der Waals surface area contributed by atoms with Crippen molar-refractivity contribution in [1.82, 2.24) is 4.90 Å². The molecule has 0 saturated carbocycles. The van der Waals surface area contributed by atoms with Crippen LogP contribution >= 0.6 is 11.6 Å². The first-order chi connectivity index (χ1) is 4.35. The summed E-state index contributed by atoms with van der Waals surface area (Å²) in [5, 5.41) is 16.8. The van der Waals surface area contributed by atoms with Crippen LogP contribution in [0.4, 0.5) is 0 Å². The largest absolute Gasteiger partial charge is 0.395 e. The Morgan fingerprint density at radius 3 is 1.78 bits per heavy atom. The molecule has 0 aromatic heterocycles. The van der Waals surface area contributed by atoms with Crippen molar-refractivity contribution in [2.45, 2.75) is 0 Å². The summed E-state index contributed by atoms with van der Waals surface area (Å²) in [6.45, 7) is 1.24. The van der Waals surface area contributed by atoms with Gasteiger partial charge in [-0.3, -0.25) is 4.90 Å². The van der Waals surface area contributed by atoms with E-state index in [0.717, 1.165) is 0 Å². The van der Waals surface area contributed by atoms with Gasteiger partial charge in [-0.05, 0) is 0 Å². The van der Waals surface area contributed by atoms with Crippen molar-refractivity contribution >= 4 is 11.6 Å². The van der Waals surface area contributed by atoms with Gasteiger partial charge in [-0.15, -0.1) is 11.6 Å². The standard InChI is InChI=1S/C5H12ClNO2/c6-5-7(1-3-8)2-4-9/h8-9H,1-5H2. The molecule has 4 heteroatoms. The van der Waals surface area contributed by atoms with Gasteiger partial charge in [0.2, 0.25) is 0 Å². The minimum atomic E-state index is 0.0900. The zero-order valence-electron chi connectivity index (χ0n) is 5.26. The Hall–Kier alpha value is 0.170. The predicted molar refractivity (Wildman–Crippen MR) is 36.5 cm³/mol. The summed E-state index contributed by atoms with van der Waals surface area (Å²) in [4.78, 5) is 1.75. The molecule has 0 saturated heterocycles. The van der Waals surface area contributed by atoms with Gasteiger partial charge in [0.05, 0.1) is 19.2 Å². The first kappa shape index (κ1) is 9.17. The van der Waals surface area contributed by atoms with E-state index in [1.807, 2.05) is 0 Å². The number of alkyl halides is 1. The molecule has 0 unspecified atom stereocenters. The third-order valence-electron chi connectivity index (χ3n) is 1.00. The highest BCUT2D eigenvalue weighted by Crippen LogP contribution is 1.88. The lowest BCUT2D eigenvalue weighted by atomic mass is 10.5. The summed E-state index contributed by atoms with van der Waals surface area (Å²) < 4.78 is 0. The number of hydrogen-bond donors (Lipinski definition) is 2. The number of hydrogen-bond acceptors (Lipinski definition) is 3. The Labute approximate surface area is 59.9 Å². The van der Waals surface area contributed by atoms with Gasteiger partial charge in [0.15, 0.2) is 0 Å². The SMILES string of the molecule is OCCN(CCl)CCO. The van der Waals surface area contributed by atoms with Gasteiger partial charge >= 0.3 is 0 Å². The van der Waals surface area contributed by atoms with E-state index in [1.165, 1.54) is 0 Å². The van der Waals surface area contributed by atoms with Gasteiger partial charge in [0, 0.05) is 13.1 Å².